The van der Waals surface area contributed by atoms with Crippen molar-refractivity contribution in [2.75, 3.05) is 0 Å². The second-order valence-corrected chi connectivity index (χ2v) is 17.0. The molecular weight excluding hydrogens is 909 g/mol. The van der Waals surface area contributed by atoms with Gasteiger partial charge in [0.15, 0.2) is 11.5 Å². The zero-order valence-electron chi connectivity index (χ0n) is 31.6. The summed E-state index contributed by atoms with van der Waals surface area (Å²) in [6.45, 7) is 0. The van der Waals surface area contributed by atoms with Crippen molar-refractivity contribution in [1.29, 1.82) is 0 Å². The Labute approximate surface area is 431 Å². The number of aromatic hydroxyl groups is 2. The third kappa shape index (κ3) is 12.4. The number of rotatable bonds is 10. The molecule has 0 saturated heterocycles. The molecular formula is C34H20N4Na4O14S4. The largest absolute Gasteiger partial charge is 1.00 e. The molecule has 0 bridgehead atoms. The molecule has 0 aliphatic carbocycles. The molecule has 0 unspecified atom stereocenters. The summed E-state index contributed by atoms with van der Waals surface area (Å²) in [6.07, 6.45) is 1.99. The van der Waals surface area contributed by atoms with Gasteiger partial charge in [-0.3, -0.25) is 0 Å². The van der Waals surface area contributed by atoms with Gasteiger partial charge >= 0.3 is 118 Å². The minimum Gasteiger partial charge on any atom is -0.744 e. The number of phenolic OH excluding ortho intramolecular Hbond substituents is 2. The Bertz CT molecular complexity index is 2980. The molecule has 0 saturated carbocycles. The van der Waals surface area contributed by atoms with Crippen molar-refractivity contribution in [2.24, 2.45) is 20.5 Å². The summed E-state index contributed by atoms with van der Waals surface area (Å²) in [5.74, 6) is -1.11. The van der Waals surface area contributed by atoms with Gasteiger partial charge in [-0.05, 0) is 47.5 Å². The van der Waals surface area contributed by atoms with Crippen LogP contribution >= 0.6 is 0 Å². The van der Waals surface area contributed by atoms with Crippen LogP contribution in [0.2, 0.25) is 0 Å². The van der Waals surface area contributed by atoms with E-state index >= 15 is 0 Å². The molecule has 6 aromatic carbocycles. The molecule has 6 rings (SSSR count). The van der Waals surface area contributed by atoms with Crippen molar-refractivity contribution in [3.8, 4) is 11.5 Å². The van der Waals surface area contributed by atoms with E-state index in [2.05, 4.69) is 20.5 Å². The third-order valence-corrected chi connectivity index (χ3v) is 11.5. The molecule has 2 N–H and O–H groups in total. The van der Waals surface area contributed by atoms with Gasteiger partial charge in [-0.1, -0.05) is 72.8 Å². The van der Waals surface area contributed by atoms with Gasteiger partial charge in [0.2, 0.25) is 0 Å². The molecule has 0 amide bonds. The van der Waals surface area contributed by atoms with E-state index < -0.39 is 82.9 Å². The average molecular weight is 929 g/mol. The molecule has 0 radical (unpaired) electrons. The number of benzene rings is 6. The minimum atomic E-state index is -5.27. The van der Waals surface area contributed by atoms with Crippen molar-refractivity contribution >= 4 is 96.9 Å². The molecule has 60 heavy (non-hydrogen) atoms. The number of phenols is 2. The molecule has 18 nitrogen and oxygen atoms in total. The Morgan fingerprint density at radius 1 is 0.400 bits per heavy atom. The SMILES string of the molecule is O=S(=O)([O-])c1cc(N=Nc2cc(S(=O)(=O)[O-])c3ccccc3c2O)ccc1C=Cc1ccc(N=Nc2cc(S(=O)(=O)[O-])c3ccccc3c2O)cc1S(=O)(=O)[O-].[Na+].[Na+].[Na+].[Na+]. The zero-order chi connectivity index (χ0) is 40.8. The van der Waals surface area contributed by atoms with E-state index in [0.717, 1.165) is 60.7 Å². The van der Waals surface area contributed by atoms with Crippen LogP contribution in [-0.4, -0.2) is 62.1 Å². The topological polar surface area (TPSA) is 319 Å². The van der Waals surface area contributed by atoms with Crippen LogP contribution < -0.4 is 118 Å². The first-order valence-electron chi connectivity index (χ1n) is 15.3. The van der Waals surface area contributed by atoms with Crippen LogP contribution in [0.4, 0.5) is 22.7 Å². The summed E-state index contributed by atoms with van der Waals surface area (Å²) in [6, 6.07) is 18.6. The summed E-state index contributed by atoms with van der Waals surface area (Å²) in [5, 5.41) is 36.1. The predicted molar refractivity (Wildman–Crippen MR) is 193 cm³/mol. The Morgan fingerprint density at radius 2 is 0.700 bits per heavy atom. The van der Waals surface area contributed by atoms with Crippen LogP contribution in [-0.2, 0) is 40.5 Å². The van der Waals surface area contributed by atoms with E-state index in [9.17, 15) is 62.1 Å². The maximum absolute atomic E-state index is 12.2. The standard InChI is InChI=1S/C34H24N4O14S4.4Na/c39-33-25-7-3-1-5-23(25)31(55(47,48)49)17-27(33)37-35-21-13-11-19(29(15-21)53(41,42)43)9-10-20-12-14-22(16-30(20)54(44,45)46)36-38-28-18-32(56(50,51)52)24-6-2-4-8-26(24)34(28)40;;;;/h1-18,39-40H,(H,41,42,43)(H,44,45,46)(H,47,48,49)(H,50,51,52);;;;/q;4*+1/p-4. The van der Waals surface area contributed by atoms with Gasteiger partial charge in [0.1, 0.15) is 51.8 Å². The minimum absolute atomic E-state index is 0. The predicted octanol–water partition coefficient (Wildman–Crippen LogP) is -5.96. The first kappa shape index (κ1) is 54.2. The van der Waals surface area contributed by atoms with E-state index in [-0.39, 0.29) is 162 Å². The van der Waals surface area contributed by atoms with Crippen LogP contribution in [0.1, 0.15) is 11.1 Å². The second-order valence-electron chi connectivity index (χ2n) is 11.6. The van der Waals surface area contributed by atoms with Gasteiger partial charge in [0.05, 0.1) is 31.0 Å². The average Bonchev–Trinajstić information content (AvgIpc) is 3.12. The van der Waals surface area contributed by atoms with Crippen LogP contribution in [0.15, 0.2) is 137 Å². The van der Waals surface area contributed by atoms with Gasteiger partial charge in [0.25, 0.3) is 0 Å². The Morgan fingerprint density at radius 3 is 1.00 bits per heavy atom. The third-order valence-electron chi connectivity index (χ3n) is 7.98. The molecule has 0 spiro atoms. The van der Waals surface area contributed by atoms with Crippen LogP contribution in [0.3, 0.4) is 0 Å². The van der Waals surface area contributed by atoms with Gasteiger partial charge in [-0.25, -0.2) is 33.7 Å². The van der Waals surface area contributed by atoms with E-state index in [1.54, 1.807) is 0 Å². The van der Waals surface area contributed by atoms with Gasteiger partial charge < -0.3 is 28.4 Å². The Kier molecular flexibility index (Phi) is 19.1. The number of hydrogen-bond donors (Lipinski definition) is 2. The summed E-state index contributed by atoms with van der Waals surface area (Å²) < 4.78 is 145. The monoisotopic (exact) mass is 928 g/mol. The second kappa shape index (κ2) is 21.1. The van der Waals surface area contributed by atoms with E-state index in [4.69, 9.17) is 0 Å². The fourth-order valence-corrected chi connectivity index (χ4v) is 8.26. The van der Waals surface area contributed by atoms with Gasteiger partial charge in [-0.2, -0.15) is 10.2 Å². The van der Waals surface area contributed by atoms with Gasteiger partial charge in [-0.15, -0.1) is 10.2 Å². The molecule has 0 fully saturated rings. The van der Waals surface area contributed by atoms with Gasteiger partial charge in [0, 0.05) is 21.5 Å². The zero-order valence-corrected chi connectivity index (χ0v) is 42.9. The fourth-order valence-electron chi connectivity index (χ4n) is 5.47. The van der Waals surface area contributed by atoms with E-state index in [0.29, 0.717) is 0 Å². The first-order valence-corrected chi connectivity index (χ1v) is 20.9. The molecule has 288 valence electrons. The van der Waals surface area contributed by atoms with Crippen molar-refractivity contribution in [3.05, 3.63) is 108 Å². The molecule has 0 aliphatic rings. The first-order chi connectivity index (χ1) is 26.1. The molecule has 0 atom stereocenters. The molecule has 0 aliphatic heterocycles. The fraction of sp³-hybridized carbons (Fsp3) is 0. The molecule has 6 aromatic rings. The summed E-state index contributed by atoms with van der Waals surface area (Å²) in [5.41, 5.74) is -2.13. The van der Waals surface area contributed by atoms with Crippen LogP contribution in [0, 0.1) is 0 Å². The smallest absolute Gasteiger partial charge is 0.744 e. The Balaban J connectivity index is 0.00000310. The van der Waals surface area contributed by atoms with Crippen LogP contribution in [0.25, 0.3) is 33.7 Å². The quantitative estimate of drug-likeness (QED) is 0.0560. The van der Waals surface area contributed by atoms with Crippen molar-refractivity contribution in [3.63, 3.8) is 0 Å². The summed E-state index contributed by atoms with van der Waals surface area (Å²) in [4.78, 5) is -3.20. The van der Waals surface area contributed by atoms with Crippen molar-refractivity contribution in [2.45, 2.75) is 19.6 Å². The molecule has 0 aromatic heterocycles. The number of azo groups is 2. The normalized spacial score (nSPS) is 12.3. The van der Waals surface area contributed by atoms with Crippen LogP contribution in [0.5, 0.6) is 11.5 Å². The van der Waals surface area contributed by atoms with E-state index in [1.807, 2.05) is 0 Å². The number of fused-ring (bicyclic) bond motifs is 2. The number of nitrogens with zero attached hydrogens (tertiary/aromatic N) is 4. The molecule has 26 heteroatoms. The summed E-state index contributed by atoms with van der Waals surface area (Å²) in [7, 11) is -20.6. The number of hydrogen-bond acceptors (Lipinski definition) is 18. The Hall–Kier alpha value is -1.98. The van der Waals surface area contributed by atoms with Crippen molar-refractivity contribution < 1.29 is 180 Å². The maximum atomic E-state index is 12.2. The maximum Gasteiger partial charge on any atom is 1.00 e. The van der Waals surface area contributed by atoms with E-state index in [1.165, 1.54) is 48.5 Å². The summed E-state index contributed by atoms with van der Waals surface area (Å²) >= 11 is 0. The molecule has 0 heterocycles. The van der Waals surface area contributed by atoms with Crippen molar-refractivity contribution in [1.82, 2.24) is 0 Å².